The number of aromatic nitrogens is 2. The number of sulfonamides is 1. The van der Waals surface area contributed by atoms with Crippen LogP contribution in [0.4, 0.5) is 0 Å². The fourth-order valence-corrected chi connectivity index (χ4v) is 4.20. The number of halogens is 2. The molecule has 10 heteroatoms. The Bertz CT molecular complexity index is 1060. The number of thiophene rings is 1. The third kappa shape index (κ3) is 4.16. The second-order valence-electron chi connectivity index (χ2n) is 5.24. The van der Waals surface area contributed by atoms with Crippen LogP contribution in [-0.4, -0.2) is 24.7 Å². The molecular formula is C16H13Cl2N3O3S2. The Kier molecular flexibility index (Phi) is 5.79. The summed E-state index contributed by atoms with van der Waals surface area (Å²) in [6.45, 7) is 0.304. The number of hydrogen-bond donors (Lipinski definition) is 1. The predicted molar refractivity (Wildman–Crippen MR) is 103 cm³/mol. The van der Waals surface area contributed by atoms with Gasteiger partial charge in [-0.2, -0.15) is 9.78 Å². The van der Waals surface area contributed by atoms with E-state index in [-0.39, 0.29) is 14.9 Å². The molecule has 0 radical (unpaired) electrons. The van der Waals surface area contributed by atoms with Crippen LogP contribution in [0.2, 0.25) is 10.0 Å². The Morgan fingerprint density at radius 3 is 2.54 bits per heavy atom. The molecule has 1 aromatic carbocycles. The molecule has 6 nitrogen and oxygen atoms in total. The summed E-state index contributed by atoms with van der Waals surface area (Å²) in [5, 5.41) is 5.76. The summed E-state index contributed by atoms with van der Waals surface area (Å²) in [5.74, 6) is 0. The Morgan fingerprint density at radius 1 is 1.15 bits per heavy atom. The summed E-state index contributed by atoms with van der Waals surface area (Å²) in [6.07, 6.45) is 1.87. The molecule has 3 rings (SSSR count). The molecule has 0 aliphatic heterocycles. The minimum atomic E-state index is -3.64. The summed E-state index contributed by atoms with van der Waals surface area (Å²) >= 11 is 13.2. The average Bonchev–Trinajstić information content (AvgIpc) is 3.13. The summed E-state index contributed by atoms with van der Waals surface area (Å²) in [7, 11) is -3.64. The van der Waals surface area contributed by atoms with Crippen LogP contribution in [0.1, 0.15) is 4.88 Å². The molecule has 26 heavy (non-hydrogen) atoms. The summed E-state index contributed by atoms with van der Waals surface area (Å²) < 4.78 is 28.3. The molecule has 2 heterocycles. The zero-order valence-electron chi connectivity index (χ0n) is 13.2. The maximum atomic E-state index is 12.3. The predicted octanol–water partition coefficient (Wildman–Crippen LogP) is 3.12. The lowest BCUT2D eigenvalue weighted by Gasteiger charge is -2.08. The normalized spacial score (nSPS) is 11.6. The van der Waals surface area contributed by atoms with E-state index in [4.69, 9.17) is 23.2 Å². The molecule has 0 amide bonds. The number of rotatable bonds is 6. The summed E-state index contributed by atoms with van der Waals surface area (Å²) in [6, 6.07) is 9.64. The molecule has 0 atom stereocenters. The molecule has 1 N–H and O–H groups in total. The van der Waals surface area contributed by atoms with Crippen LogP contribution in [0.3, 0.4) is 0 Å². The van der Waals surface area contributed by atoms with Crippen LogP contribution < -0.4 is 10.3 Å². The van der Waals surface area contributed by atoms with Gasteiger partial charge in [-0.05, 0) is 42.1 Å². The summed E-state index contributed by atoms with van der Waals surface area (Å²) in [5.41, 5.74) is -0.199. The van der Waals surface area contributed by atoms with Crippen molar-refractivity contribution in [1.82, 2.24) is 14.5 Å². The maximum absolute atomic E-state index is 12.3. The molecule has 0 saturated heterocycles. The van der Waals surface area contributed by atoms with Crippen LogP contribution in [0.5, 0.6) is 0 Å². The van der Waals surface area contributed by atoms with E-state index < -0.39 is 15.6 Å². The van der Waals surface area contributed by atoms with Gasteiger partial charge in [-0.25, -0.2) is 13.1 Å². The number of benzene rings is 1. The molecule has 0 aliphatic carbocycles. The number of nitrogens with zero attached hydrogens (tertiary/aromatic N) is 2. The van der Waals surface area contributed by atoms with Crippen LogP contribution in [0.15, 0.2) is 57.7 Å². The van der Waals surface area contributed by atoms with Gasteiger partial charge in [0.05, 0.1) is 21.8 Å². The maximum Gasteiger partial charge on any atom is 0.291 e. The van der Waals surface area contributed by atoms with E-state index in [2.05, 4.69) is 9.82 Å². The van der Waals surface area contributed by atoms with Crippen molar-refractivity contribution < 1.29 is 8.42 Å². The lowest BCUT2D eigenvalue weighted by molar-refractivity contribution is 0.582. The van der Waals surface area contributed by atoms with Gasteiger partial charge in [-0.1, -0.05) is 29.3 Å². The van der Waals surface area contributed by atoms with Crippen molar-refractivity contribution in [2.75, 3.05) is 6.54 Å². The first-order chi connectivity index (χ1) is 12.4. The first-order valence-corrected chi connectivity index (χ1v) is 10.6. The third-order valence-corrected chi connectivity index (χ3v) is 6.67. The highest BCUT2D eigenvalue weighted by Crippen LogP contribution is 2.17. The standard InChI is InChI=1S/C16H13Cl2N3O3S2/c17-14-10-19-21(16(22)15(14)18)11-3-5-13(6-4-11)26(23,24)20-8-7-12-2-1-9-25-12/h1-6,9-10,20H,7-8H2. The van der Waals surface area contributed by atoms with Gasteiger partial charge in [-0.3, -0.25) is 4.79 Å². The van der Waals surface area contributed by atoms with Crippen molar-refractivity contribution in [3.8, 4) is 5.69 Å². The second kappa shape index (κ2) is 7.89. The highest BCUT2D eigenvalue weighted by molar-refractivity contribution is 7.89. The lowest BCUT2D eigenvalue weighted by Crippen LogP contribution is -2.26. The number of hydrogen-bond acceptors (Lipinski definition) is 5. The molecule has 136 valence electrons. The SMILES string of the molecule is O=c1c(Cl)c(Cl)cnn1-c1ccc(S(=O)(=O)NCCc2cccs2)cc1. The molecule has 0 fully saturated rings. The van der Waals surface area contributed by atoms with Crippen molar-refractivity contribution in [2.24, 2.45) is 0 Å². The van der Waals surface area contributed by atoms with Gasteiger partial charge in [0.15, 0.2) is 0 Å². The molecule has 0 saturated carbocycles. The minimum absolute atomic E-state index is 0.0575. The first kappa shape index (κ1) is 19.1. The molecule has 0 spiro atoms. The Hall–Kier alpha value is -1.71. The highest BCUT2D eigenvalue weighted by Gasteiger charge is 2.15. The van der Waals surface area contributed by atoms with E-state index in [0.717, 1.165) is 9.56 Å². The van der Waals surface area contributed by atoms with Crippen molar-refractivity contribution in [2.45, 2.75) is 11.3 Å². The van der Waals surface area contributed by atoms with E-state index in [0.29, 0.717) is 18.7 Å². The van der Waals surface area contributed by atoms with E-state index in [9.17, 15) is 13.2 Å². The van der Waals surface area contributed by atoms with Gasteiger partial charge in [0, 0.05) is 11.4 Å². The summed E-state index contributed by atoms with van der Waals surface area (Å²) in [4.78, 5) is 13.3. The van der Waals surface area contributed by atoms with Crippen LogP contribution in [0, 0.1) is 0 Å². The molecule has 0 aliphatic rings. The van der Waals surface area contributed by atoms with Gasteiger partial charge in [0.2, 0.25) is 10.0 Å². The second-order valence-corrected chi connectivity index (χ2v) is 8.83. The van der Waals surface area contributed by atoms with Gasteiger partial charge in [0.1, 0.15) is 5.02 Å². The first-order valence-electron chi connectivity index (χ1n) is 7.44. The highest BCUT2D eigenvalue weighted by atomic mass is 35.5. The van der Waals surface area contributed by atoms with E-state index >= 15 is 0 Å². The van der Waals surface area contributed by atoms with Crippen molar-refractivity contribution in [3.63, 3.8) is 0 Å². The Labute approximate surface area is 164 Å². The van der Waals surface area contributed by atoms with Crippen molar-refractivity contribution in [1.29, 1.82) is 0 Å². The van der Waals surface area contributed by atoms with Gasteiger partial charge in [0.25, 0.3) is 5.56 Å². The zero-order valence-corrected chi connectivity index (χ0v) is 16.4. The molecule has 0 bridgehead atoms. The quantitative estimate of drug-likeness (QED) is 0.652. The monoisotopic (exact) mass is 429 g/mol. The van der Waals surface area contributed by atoms with Crippen LogP contribution in [-0.2, 0) is 16.4 Å². The zero-order chi connectivity index (χ0) is 18.7. The Balaban J connectivity index is 1.76. The van der Waals surface area contributed by atoms with Gasteiger partial charge in [-0.15, -0.1) is 11.3 Å². The average molecular weight is 430 g/mol. The van der Waals surface area contributed by atoms with Crippen LogP contribution >= 0.6 is 34.5 Å². The van der Waals surface area contributed by atoms with E-state index in [1.165, 1.54) is 30.5 Å². The van der Waals surface area contributed by atoms with Gasteiger partial charge < -0.3 is 0 Å². The smallest absolute Gasteiger partial charge is 0.266 e. The van der Waals surface area contributed by atoms with Crippen LogP contribution in [0.25, 0.3) is 5.69 Å². The fraction of sp³-hybridized carbons (Fsp3) is 0.125. The van der Waals surface area contributed by atoms with Crippen molar-refractivity contribution in [3.05, 3.63) is 73.3 Å². The number of nitrogens with one attached hydrogen (secondary N) is 1. The largest absolute Gasteiger partial charge is 0.291 e. The molecular weight excluding hydrogens is 417 g/mol. The van der Waals surface area contributed by atoms with E-state index in [1.54, 1.807) is 11.3 Å². The van der Waals surface area contributed by atoms with E-state index in [1.807, 2.05) is 17.5 Å². The lowest BCUT2D eigenvalue weighted by atomic mass is 10.3. The van der Waals surface area contributed by atoms with Crippen molar-refractivity contribution >= 4 is 44.6 Å². The minimum Gasteiger partial charge on any atom is -0.266 e. The molecule has 2 aromatic heterocycles. The third-order valence-electron chi connectivity index (χ3n) is 3.51. The fourth-order valence-electron chi connectivity index (χ4n) is 2.21. The topological polar surface area (TPSA) is 81.1 Å². The molecule has 3 aromatic rings. The van der Waals surface area contributed by atoms with Gasteiger partial charge >= 0.3 is 0 Å². The Morgan fingerprint density at radius 2 is 1.88 bits per heavy atom. The molecule has 0 unspecified atom stereocenters.